The molecule has 0 aliphatic carbocycles. The van der Waals surface area contributed by atoms with Crippen LogP contribution in [0.15, 0.2) is 22.7 Å². The second kappa shape index (κ2) is 5.96. The van der Waals surface area contributed by atoms with E-state index in [2.05, 4.69) is 15.9 Å². The highest BCUT2D eigenvalue weighted by Crippen LogP contribution is 2.16. The molecular weight excluding hydrogens is 277 g/mol. The smallest absolute Gasteiger partial charge is 0.317 e. The van der Waals surface area contributed by atoms with Crippen LogP contribution in [0, 0.1) is 5.82 Å². The van der Waals surface area contributed by atoms with Gasteiger partial charge in [0.2, 0.25) is 0 Å². The molecule has 0 amide bonds. The number of halogens is 2. The highest BCUT2D eigenvalue weighted by molar-refractivity contribution is 9.10. The van der Waals surface area contributed by atoms with Crippen molar-refractivity contribution in [2.24, 2.45) is 0 Å². The number of hydrogen-bond acceptors (Lipinski definition) is 2. The Morgan fingerprint density at radius 3 is 2.69 bits per heavy atom. The molecule has 1 N–H and O–H groups in total. The predicted molar refractivity (Wildman–Crippen MR) is 62.7 cm³/mol. The Morgan fingerprint density at radius 2 is 2.19 bits per heavy atom. The van der Waals surface area contributed by atoms with Gasteiger partial charge in [-0.2, -0.15) is 0 Å². The minimum absolute atomic E-state index is 0.0371. The Hall–Kier alpha value is -0.940. The van der Waals surface area contributed by atoms with E-state index in [1.807, 2.05) is 6.92 Å². The normalized spacial score (nSPS) is 10.8. The minimum Gasteiger partial charge on any atom is -0.480 e. The molecule has 0 saturated heterocycles. The molecular formula is C11H13BrFNO2. The molecule has 1 aromatic rings. The molecule has 0 saturated carbocycles. The summed E-state index contributed by atoms with van der Waals surface area (Å²) < 4.78 is 13.7. The van der Waals surface area contributed by atoms with E-state index in [0.717, 1.165) is 5.56 Å². The molecule has 0 fully saturated rings. The summed E-state index contributed by atoms with van der Waals surface area (Å²) >= 11 is 3.20. The van der Waals surface area contributed by atoms with Crippen LogP contribution in [0.5, 0.6) is 0 Å². The van der Waals surface area contributed by atoms with E-state index in [1.54, 1.807) is 11.0 Å². The molecule has 0 bridgehead atoms. The van der Waals surface area contributed by atoms with E-state index in [4.69, 9.17) is 5.11 Å². The van der Waals surface area contributed by atoms with Gasteiger partial charge in [0.05, 0.1) is 6.54 Å². The summed E-state index contributed by atoms with van der Waals surface area (Å²) in [6.45, 7) is 2.88. The van der Waals surface area contributed by atoms with Crippen LogP contribution < -0.4 is 0 Å². The Bertz CT molecular complexity index is 364. The van der Waals surface area contributed by atoms with Crippen LogP contribution in [-0.4, -0.2) is 29.1 Å². The summed E-state index contributed by atoms with van der Waals surface area (Å²) in [7, 11) is 0. The van der Waals surface area contributed by atoms with Crippen LogP contribution in [0.1, 0.15) is 12.5 Å². The van der Waals surface area contributed by atoms with E-state index in [1.165, 1.54) is 12.1 Å². The molecule has 0 spiro atoms. The molecule has 1 rings (SSSR count). The van der Waals surface area contributed by atoms with E-state index in [9.17, 15) is 9.18 Å². The molecule has 88 valence electrons. The summed E-state index contributed by atoms with van der Waals surface area (Å²) in [5.41, 5.74) is 0.759. The summed E-state index contributed by atoms with van der Waals surface area (Å²) in [5.74, 6) is -1.20. The number of rotatable bonds is 5. The lowest BCUT2D eigenvalue weighted by molar-refractivity contribution is -0.138. The number of hydrogen-bond donors (Lipinski definition) is 1. The molecule has 1 aromatic carbocycles. The van der Waals surface area contributed by atoms with Crippen molar-refractivity contribution in [1.82, 2.24) is 4.90 Å². The summed E-state index contributed by atoms with van der Waals surface area (Å²) in [4.78, 5) is 12.3. The maximum Gasteiger partial charge on any atom is 0.317 e. The van der Waals surface area contributed by atoms with Crippen LogP contribution in [0.25, 0.3) is 0 Å². The number of carboxylic acid groups (broad SMARTS) is 1. The summed E-state index contributed by atoms with van der Waals surface area (Å²) in [5, 5.41) is 8.68. The maximum atomic E-state index is 13.1. The molecule has 0 aromatic heterocycles. The standard InChI is InChI=1S/C11H13BrFNO2/c1-2-14(7-11(15)16)6-8-3-9(12)5-10(13)4-8/h3-5H,2,6-7H2,1H3,(H,15,16). The Kier molecular flexibility index (Phi) is 4.89. The monoisotopic (exact) mass is 289 g/mol. The summed E-state index contributed by atoms with van der Waals surface area (Å²) in [6.07, 6.45) is 0. The first-order valence-electron chi connectivity index (χ1n) is 4.90. The van der Waals surface area contributed by atoms with Crippen molar-refractivity contribution in [2.45, 2.75) is 13.5 Å². The van der Waals surface area contributed by atoms with Crippen molar-refractivity contribution in [3.63, 3.8) is 0 Å². The third-order valence-corrected chi connectivity index (χ3v) is 2.59. The molecule has 0 atom stereocenters. The zero-order valence-electron chi connectivity index (χ0n) is 8.91. The molecule has 0 heterocycles. The lowest BCUT2D eigenvalue weighted by Crippen LogP contribution is -2.29. The highest BCUT2D eigenvalue weighted by atomic mass is 79.9. The summed E-state index contributed by atoms with van der Waals surface area (Å²) in [6, 6.07) is 4.57. The molecule has 0 unspecified atom stereocenters. The van der Waals surface area contributed by atoms with Gasteiger partial charge in [-0.15, -0.1) is 0 Å². The average molecular weight is 290 g/mol. The number of aliphatic carboxylic acids is 1. The van der Waals surface area contributed by atoms with Crippen LogP contribution in [-0.2, 0) is 11.3 Å². The van der Waals surface area contributed by atoms with Gasteiger partial charge in [0.25, 0.3) is 0 Å². The van der Waals surface area contributed by atoms with Crippen LogP contribution >= 0.6 is 15.9 Å². The zero-order valence-corrected chi connectivity index (χ0v) is 10.5. The Labute approximate surface area is 102 Å². The van der Waals surface area contributed by atoms with E-state index in [-0.39, 0.29) is 12.4 Å². The van der Waals surface area contributed by atoms with Gasteiger partial charge in [0.15, 0.2) is 0 Å². The fourth-order valence-electron chi connectivity index (χ4n) is 1.43. The SMILES string of the molecule is CCN(CC(=O)O)Cc1cc(F)cc(Br)c1. The largest absolute Gasteiger partial charge is 0.480 e. The van der Waals surface area contributed by atoms with Crippen LogP contribution in [0.2, 0.25) is 0 Å². The van der Waals surface area contributed by atoms with Gasteiger partial charge in [-0.1, -0.05) is 22.9 Å². The fraction of sp³-hybridized carbons (Fsp3) is 0.364. The molecule has 16 heavy (non-hydrogen) atoms. The van der Waals surface area contributed by atoms with Gasteiger partial charge >= 0.3 is 5.97 Å². The van der Waals surface area contributed by atoms with E-state index in [0.29, 0.717) is 17.6 Å². The van der Waals surface area contributed by atoms with Gasteiger partial charge in [-0.3, -0.25) is 9.69 Å². The fourth-order valence-corrected chi connectivity index (χ4v) is 1.94. The second-order valence-electron chi connectivity index (χ2n) is 3.47. The number of benzene rings is 1. The van der Waals surface area contributed by atoms with Gasteiger partial charge in [0, 0.05) is 11.0 Å². The van der Waals surface area contributed by atoms with Crippen molar-refractivity contribution in [1.29, 1.82) is 0 Å². The first-order valence-corrected chi connectivity index (χ1v) is 5.69. The molecule has 3 nitrogen and oxygen atoms in total. The lowest BCUT2D eigenvalue weighted by atomic mass is 10.2. The minimum atomic E-state index is -0.877. The zero-order chi connectivity index (χ0) is 12.1. The van der Waals surface area contributed by atoms with Gasteiger partial charge in [-0.25, -0.2) is 4.39 Å². The Balaban J connectivity index is 2.73. The van der Waals surface area contributed by atoms with Crippen LogP contribution in [0.4, 0.5) is 4.39 Å². The van der Waals surface area contributed by atoms with E-state index < -0.39 is 5.97 Å². The van der Waals surface area contributed by atoms with E-state index >= 15 is 0 Å². The lowest BCUT2D eigenvalue weighted by Gasteiger charge is -2.18. The molecule has 0 aliphatic rings. The third kappa shape index (κ3) is 4.28. The number of likely N-dealkylation sites (N-methyl/N-ethyl adjacent to an activating group) is 1. The van der Waals surface area contributed by atoms with Gasteiger partial charge in [0.1, 0.15) is 5.82 Å². The quantitative estimate of drug-likeness (QED) is 0.905. The topological polar surface area (TPSA) is 40.5 Å². The number of carbonyl (C=O) groups is 1. The molecule has 0 radical (unpaired) electrons. The maximum absolute atomic E-state index is 13.1. The van der Waals surface area contributed by atoms with Gasteiger partial charge in [-0.05, 0) is 30.3 Å². The Morgan fingerprint density at radius 1 is 1.50 bits per heavy atom. The van der Waals surface area contributed by atoms with Crippen molar-refractivity contribution in [2.75, 3.05) is 13.1 Å². The van der Waals surface area contributed by atoms with Crippen molar-refractivity contribution in [3.05, 3.63) is 34.1 Å². The predicted octanol–water partition coefficient (Wildman–Crippen LogP) is 2.49. The van der Waals surface area contributed by atoms with Crippen molar-refractivity contribution >= 4 is 21.9 Å². The van der Waals surface area contributed by atoms with Crippen molar-refractivity contribution < 1.29 is 14.3 Å². The average Bonchev–Trinajstić information content (AvgIpc) is 2.14. The number of nitrogens with zero attached hydrogens (tertiary/aromatic N) is 1. The highest BCUT2D eigenvalue weighted by Gasteiger charge is 2.09. The third-order valence-electron chi connectivity index (χ3n) is 2.13. The van der Waals surface area contributed by atoms with Crippen LogP contribution in [0.3, 0.4) is 0 Å². The second-order valence-corrected chi connectivity index (χ2v) is 4.39. The first kappa shape index (κ1) is 13.1. The first-order chi connectivity index (χ1) is 7.51. The molecule has 5 heteroatoms. The molecule has 0 aliphatic heterocycles. The van der Waals surface area contributed by atoms with Gasteiger partial charge < -0.3 is 5.11 Å². The number of carboxylic acids is 1. The van der Waals surface area contributed by atoms with Crippen molar-refractivity contribution in [3.8, 4) is 0 Å².